The summed E-state index contributed by atoms with van der Waals surface area (Å²) >= 11 is 0. The Hall–Kier alpha value is -2.24. The zero-order valence-electron chi connectivity index (χ0n) is 12.7. The van der Waals surface area contributed by atoms with Gasteiger partial charge in [0.25, 0.3) is 0 Å². The van der Waals surface area contributed by atoms with Gasteiger partial charge in [-0.2, -0.15) is 0 Å². The number of nitrogens with zero attached hydrogens (tertiary/aromatic N) is 1. The van der Waals surface area contributed by atoms with Crippen molar-refractivity contribution in [2.24, 2.45) is 0 Å². The third-order valence-corrected chi connectivity index (χ3v) is 4.16. The van der Waals surface area contributed by atoms with Crippen LogP contribution in [-0.4, -0.2) is 43.1 Å². The van der Waals surface area contributed by atoms with Gasteiger partial charge < -0.3 is 20.3 Å². The molecular weight excluding hydrogens is 282 g/mol. The first-order valence-electron chi connectivity index (χ1n) is 7.75. The summed E-state index contributed by atoms with van der Waals surface area (Å²) in [6, 6.07) is 5.81. The Bertz CT molecular complexity index is 588. The van der Waals surface area contributed by atoms with Gasteiger partial charge in [-0.25, -0.2) is 4.79 Å². The van der Waals surface area contributed by atoms with E-state index in [4.69, 9.17) is 4.74 Å². The molecule has 0 spiro atoms. The van der Waals surface area contributed by atoms with Crippen molar-refractivity contribution >= 4 is 11.9 Å². The van der Waals surface area contributed by atoms with Gasteiger partial charge in [-0.1, -0.05) is 25.1 Å². The number of amides is 3. The second-order valence-electron chi connectivity index (χ2n) is 5.60. The average Bonchev–Trinajstić information content (AvgIpc) is 2.54. The van der Waals surface area contributed by atoms with E-state index in [0.29, 0.717) is 19.7 Å². The van der Waals surface area contributed by atoms with Crippen LogP contribution in [0.3, 0.4) is 0 Å². The van der Waals surface area contributed by atoms with Gasteiger partial charge >= 0.3 is 6.03 Å². The van der Waals surface area contributed by atoms with Crippen LogP contribution in [0.5, 0.6) is 5.75 Å². The van der Waals surface area contributed by atoms with Gasteiger partial charge in [0.1, 0.15) is 12.3 Å². The molecular formula is C16H21N3O3. The SMILES string of the molecule is CCc1cccc2c1OCCC2NC(=O)N1CCNC(=O)C1. The van der Waals surface area contributed by atoms with Crippen molar-refractivity contribution in [2.45, 2.75) is 25.8 Å². The quantitative estimate of drug-likeness (QED) is 0.863. The summed E-state index contributed by atoms with van der Waals surface area (Å²) in [6.45, 7) is 3.86. The highest BCUT2D eigenvalue weighted by molar-refractivity contribution is 5.85. The zero-order chi connectivity index (χ0) is 15.5. The van der Waals surface area contributed by atoms with Gasteiger partial charge in [-0.05, 0) is 12.0 Å². The van der Waals surface area contributed by atoms with Crippen LogP contribution in [0, 0.1) is 0 Å². The lowest BCUT2D eigenvalue weighted by molar-refractivity contribution is -0.123. The molecule has 0 aromatic heterocycles. The van der Waals surface area contributed by atoms with E-state index in [1.807, 2.05) is 12.1 Å². The molecule has 1 fully saturated rings. The predicted molar refractivity (Wildman–Crippen MR) is 81.8 cm³/mol. The minimum atomic E-state index is -0.186. The summed E-state index contributed by atoms with van der Waals surface area (Å²) in [5.74, 6) is 0.792. The van der Waals surface area contributed by atoms with E-state index in [9.17, 15) is 9.59 Å². The average molecular weight is 303 g/mol. The molecule has 0 aliphatic carbocycles. The lowest BCUT2D eigenvalue weighted by atomic mass is 9.97. The Labute approximate surface area is 129 Å². The van der Waals surface area contributed by atoms with Crippen LogP contribution in [-0.2, 0) is 11.2 Å². The number of carbonyl (C=O) groups is 2. The number of carbonyl (C=O) groups excluding carboxylic acids is 2. The number of hydrogen-bond acceptors (Lipinski definition) is 3. The molecule has 2 heterocycles. The van der Waals surface area contributed by atoms with Crippen LogP contribution >= 0.6 is 0 Å². The molecule has 6 heteroatoms. The molecule has 2 aliphatic rings. The van der Waals surface area contributed by atoms with Crippen LogP contribution in [0.2, 0.25) is 0 Å². The molecule has 6 nitrogen and oxygen atoms in total. The molecule has 3 rings (SSSR count). The van der Waals surface area contributed by atoms with E-state index in [1.165, 1.54) is 0 Å². The highest BCUT2D eigenvalue weighted by atomic mass is 16.5. The smallest absolute Gasteiger partial charge is 0.318 e. The first-order chi connectivity index (χ1) is 10.7. The molecule has 0 radical (unpaired) electrons. The molecule has 2 aliphatic heterocycles. The number of urea groups is 1. The third-order valence-electron chi connectivity index (χ3n) is 4.16. The number of piperazine rings is 1. The maximum absolute atomic E-state index is 12.4. The second kappa shape index (κ2) is 6.25. The summed E-state index contributed by atoms with van der Waals surface area (Å²) in [6.07, 6.45) is 1.64. The summed E-state index contributed by atoms with van der Waals surface area (Å²) in [4.78, 5) is 25.3. The summed E-state index contributed by atoms with van der Waals surface area (Å²) in [5, 5.41) is 5.76. The molecule has 1 unspecified atom stereocenters. The van der Waals surface area contributed by atoms with Gasteiger partial charge in [0, 0.05) is 25.1 Å². The number of fused-ring (bicyclic) bond motifs is 1. The van der Waals surface area contributed by atoms with Gasteiger partial charge in [0.05, 0.1) is 12.6 Å². The fourth-order valence-corrected chi connectivity index (χ4v) is 2.97. The number of nitrogens with one attached hydrogen (secondary N) is 2. The summed E-state index contributed by atoms with van der Waals surface area (Å²) in [7, 11) is 0. The number of rotatable bonds is 2. The number of para-hydroxylation sites is 1. The molecule has 0 bridgehead atoms. The van der Waals surface area contributed by atoms with Gasteiger partial charge in [-0.15, -0.1) is 0 Å². The Balaban J connectivity index is 1.74. The van der Waals surface area contributed by atoms with E-state index in [1.54, 1.807) is 4.90 Å². The second-order valence-corrected chi connectivity index (χ2v) is 5.60. The number of hydrogen-bond donors (Lipinski definition) is 2. The fourth-order valence-electron chi connectivity index (χ4n) is 2.97. The van der Waals surface area contributed by atoms with Crippen molar-refractivity contribution in [1.82, 2.24) is 15.5 Å². The molecule has 3 amide bonds. The Morgan fingerprint density at radius 1 is 1.50 bits per heavy atom. The minimum Gasteiger partial charge on any atom is -0.493 e. The molecule has 22 heavy (non-hydrogen) atoms. The van der Waals surface area contributed by atoms with Gasteiger partial charge in [-0.3, -0.25) is 4.79 Å². The predicted octanol–water partition coefficient (Wildman–Crippen LogP) is 1.21. The van der Waals surface area contributed by atoms with Crippen molar-refractivity contribution in [3.05, 3.63) is 29.3 Å². The molecule has 1 atom stereocenters. The maximum Gasteiger partial charge on any atom is 0.318 e. The van der Waals surface area contributed by atoms with Gasteiger partial charge in [0.15, 0.2) is 0 Å². The third kappa shape index (κ3) is 2.86. The Morgan fingerprint density at radius 3 is 3.14 bits per heavy atom. The van der Waals surface area contributed by atoms with E-state index >= 15 is 0 Å². The lowest BCUT2D eigenvalue weighted by Gasteiger charge is -2.32. The number of ether oxygens (including phenoxy) is 1. The van der Waals surface area contributed by atoms with E-state index in [0.717, 1.165) is 29.7 Å². The molecule has 1 saturated heterocycles. The molecule has 1 aromatic rings. The molecule has 2 N–H and O–H groups in total. The van der Waals surface area contributed by atoms with Crippen LogP contribution < -0.4 is 15.4 Å². The van der Waals surface area contributed by atoms with Crippen LogP contribution in [0.4, 0.5) is 4.79 Å². The van der Waals surface area contributed by atoms with E-state index < -0.39 is 0 Å². The highest BCUT2D eigenvalue weighted by Gasteiger charge is 2.28. The Morgan fingerprint density at radius 2 is 2.36 bits per heavy atom. The molecule has 0 saturated carbocycles. The van der Waals surface area contributed by atoms with Crippen molar-refractivity contribution in [1.29, 1.82) is 0 Å². The first-order valence-corrected chi connectivity index (χ1v) is 7.75. The fraction of sp³-hybridized carbons (Fsp3) is 0.500. The normalized spacial score (nSPS) is 20.7. The standard InChI is InChI=1S/C16H21N3O3/c1-2-11-4-3-5-12-13(6-9-22-15(11)12)18-16(21)19-8-7-17-14(20)10-19/h3-5,13H,2,6-10H2,1H3,(H,17,20)(H,18,21). The van der Waals surface area contributed by atoms with Gasteiger partial charge in [0.2, 0.25) is 5.91 Å². The van der Waals surface area contributed by atoms with Crippen molar-refractivity contribution < 1.29 is 14.3 Å². The lowest BCUT2D eigenvalue weighted by Crippen LogP contribution is -2.53. The Kier molecular flexibility index (Phi) is 4.18. The number of aryl methyl sites for hydroxylation is 1. The zero-order valence-corrected chi connectivity index (χ0v) is 12.7. The molecule has 1 aromatic carbocycles. The van der Waals surface area contributed by atoms with Crippen LogP contribution in [0.1, 0.15) is 30.5 Å². The molecule has 118 valence electrons. The van der Waals surface area contributed by atoms with Crippen LogP contribution in [0.15, 0.2) is 18.2 Å². The highest BCUT2D eigenvalue weighted by Crippen LogP contribution is 2.35. The topological polar surface area (TPSA) is 70.7 Å². The van der Waals surface area contributed by atoms with Crippen LogP contribution in [0.25, 0.3) is 0 Å². The monoisotopic (exact) mass is 303 g/mol. The minimum absolute atomic E-state index is 0.0623. The number of benzene rings is 1. The van der Waals surface area contributed by atoms with Crippen molar-refractivity contribution in [3.8, 4) is 5.75 Å². The first kappa shape index (κ1) is 14.7. The van der Waals surface area contributed by atoms with E-state index in [-0.39, 0.29) is 24.5 Å². The summed E-state index contributed by atoms with van der Waals surface area (Å²) < 4.78 is 5.79. The van der Waals surface area contributed by atoms with E-state index in [2.05, 4.69) is 23.6 Å². The van der Waals surface area contributed by atoms with Crippen molar-refractivity contribution in [3.63, 3.8) is 0 Å². The maximum atomic E-state index is 12.4. The van der Waals surface area contributed by atoms with Crippen molar-refractivity contribution in [2.75, 3.05) is 26.2 Å². The largest absolute Gasteiger partial charge is 0.493 e. The summed E-state index contributed by atoms with van der Waals surface area (Å²) in [5.41, 5.74) is 2.19.